The molecule has 364 valence electrons. The van der Waals surface area contributed by atoms with E-state index in [1.54, 1.807) is 0 Å². The third-order valence-electron chi connectivity index (χ3n) is 16.4. The zero-order chi connectivity index (χ0) is 50.6. The summed E-state index contributed by atoms with van der Waals surface area (Å²) in [6.45, 7) is 4.38. The molecule has 0 bridgehead atoms. The number of furan rings is 4. The third kappa shape index (κ3) is 5.69. The number of fused-ring (bicyclic) bond motifs is 20. The molecule has 7 nitrogen and oxygen atoms in total. The van der Waals surface area contributed by atoms with Gasteiger partial charge in [0.25, 0.3) is 0 Å². The number of anilines is 6. The average Bonchev–Trinajstić information content (AvgIpc) is 4.38. The summed E-state index contributed by atoms with van der Waals surface area (Å²) in [6, 6.07) is 75.8. The minimum atomic E-state index is 0.802. The molecule has 77 heavy (non-hydrogen) atoms. The van der Waals surface area contributed by atoms with Crippen LogP contribution in [0.2, 0.25) is 0 Å². The molecule has 0 aliphatic rings. The molecule has 0 aliphatic carbocycles. The maximum Gasteiger partial charge on any atom is 0.160 e. The maximum atomic E-state index is 7.23. The van der Waals surface area contributed by atoms with Crippen molar-refractivity contribution in [3.05, 3.63) is 223 Å². The number of nitrogens with zero attached hydrogens (tertiary/aromatic N) is 3. The molecule has 6 heterocycles. The second-order valence-corrected chi connectivity index (χ2v) is 20.4. The molecule has 0 atom stereocenters. The number of hydrogen-bond acceptors (Lipinski definition) is 6. The molecule has 7 heteroatoms. The normalized spacial score (nSPS) is 12.4. The van der Waals surface area contributed by atoms with E-state index in [4.69, 9.17) is 17.7 Å². The Bertz CT molecular complexity index is 4940. The topological polar surface area (TPSA) is 63.5 Å². The van der Waals surface area contributed by atoms with Crippen molar-refractivity contribution in [3.8, 4) is 0 Å². The van der Waals surface area contributed by atoms with Crippen molar-refractivity contribution in [1.29, 1.82) is 0 Å². The van der Waals surface area contributed by atoms with E-state index in [0.717, 1.165) is 173 Å². The van der Waals surface area contributed by atoms with Gasteiger partial charge in [-0.05, 0) is 84.6 Å². The van der Waals surface area contributed by atoms with E-state index >= 15 is 0 Å². The number of para-hydroxylation sites is 9. The van der Waals surface area contributed by atoms with E-state index in [0.29, 0.717) is 0 Å². The number of aryl methyl sites for hydroxylation is 2. The second-order valence-electron chi connectivity index (χ2n) is 20.4. The molecule has 0 aliphatic heterocycles. The lowest BCUT2D eigenvalue weighted by molar-refractivity contribution is 0.663. The highest BCUT2D eigenvalue weighted by Crippen LogP contribution is 2.56. The minimum absolute atomic E-state index is 0.802. The van der Waals surface area contributed by atoms with Crippen LogP contribution in [0.1, 0.15) is 25.0 Å². The fourth-order valence-corrected chi connectivity index (χ4v) is 13.1. The number of benzene rings is 11. The molecule has 11 aromatic carbocycles. The highest BCUT2D eigenvalue weighted by atomic mass is 16.3. The zero-order valence-electron chi connectivity index (χ0n) is 42.1. The molecule has 17 aromatic rings. The van der Waals surface area contributed by atoms with Crippen LogP contribution in [0, 0.1) is 0 Å². The van der Waals surface area contributed by atoms with Gasteiger partial charge in [0.1, 0.15) is 33.4 Å². The van der Waals surface area contributed by atoms with Crippen LogP contribution >= 0.6 is 0 Å². The predicted octanol–water partition coefficient (Wildman–Crippen LogP) is 20.5. The van der Waals surface area contributed by atoms with E-state index in [-0.39, 0.29) is 0 Å². The molecule has 0 spiro atoms. The van der Waals surface area contributed by atoms with Gasteiger partial charge in [-0.1, -0.05) is 166 Å². The predicted molar refractivity (Wildman–Crippen MR) is 318 cm³/mol. The Morgan fingerprint density at radius 1 is 0.299 bits per heavy atom. The number of hydrogen-bond donors (Lipinski definition) is 0. The highest BCUT2D eigenvalue weighted by molar-refractivity contribution is 6.36. The van der Waals surface area contributed by atoms with Gasteiger partial charge in [-0.25, -0.2) is 0 Å². The third-order valence-corrected chi connectivity index (χ3v) is 16.4. The summed E-state index contributed by atoms with van der Waals surface area (Å²) in [5, 5.41) is 12.7. The molecular weight excluding hydrogens is 947 g/mol. The van der Waals surface area contributed by atoms with Crippen LogP contribution < -0.4 is 9.80 Å². The Hall–Kier alpha value is -9.98. The van der Waals surface area contributed by atoms with Crippen LogP contribution in [0.3, 0.4) is 0 Å². The van der Waals surface area contributed by atoms with E-state index in [1.165, 1.54) is 11.1 Å². The Kier molecular flexibility index (Phi) is 8.68. The standard InChI is InChI=1S/C70H45N3O4/c1-3-40-20-15-28-46-48-30-18-34-54(67(48)76-65(40)46)71(42-22-7-5-8-23-42)56-38-52-44-26-11-13-36-58(44)74-69(52)63-60(56)50-32-17-33-51-61-57(39-53-45-27-12-14-37-59(45)75-70(53)64(61)73(63)62(50)51)72(43-24-9-6-10-25-43)55-35-19-31-49-47-29-16-21-41(4-2)66(47)77-68(49)55/h5-39H,3-4H2,1-2H3. The van der Waals surface area contributed by atoms with Gasteiger partial charge in [0.05, 0.1) is 28.3 Å². The van der Waals surface area contributed by atoms with Gasteiger partial charge < -0.3 is 31.9 Å². The van der Waals surface area contributed by atoms with E-state index < -0.39 is 0 Å². The van der Waals surface area contributed by atoms with Crippen LogP contribution in [0.25, 0.3) is 126 Å². The van der Waals surface area contributed by atoms with Crippen LogP contribution in [-0.2, 0) is 12.8 Å². The molecule has 0 fully saturated rings. The summed E-state index contributed by atoms with van der Waals surface area (Å²) >= 11 is 0. The zero-order valence-corrected chi connectivity index (χ0v) is 42.1. The van der Waals surface area contributed by atoms with Gasteiger partial charge in [0, 0.05) is 76.0 Å². The van der Waals surface area contributed by atoms with Crippen molar-refractivity contribution in [2.45, 2.75) is 26.7 Å². The Labute approximate surface area is 439 Å². The summed E-state index contributed by atoms with van der Waals surface area (Å²) in [4.78, 5) is 4.81. The van der Waals surface area contributed by atoms with Gasteiger partial charge in [0.2, 0.25) is 0 Å². The molecule has 0 saturated carbocycles. The maximum absolute atomic E-state index is 7.23. The molecule has 0 unspecified atom stereocenters. The summed E-state index contributed by atoms with van der Waals surface area (Å²) in [6.07, 6.45) is 1.73. The van der Waals surface area contributed by atoms with Crippen molar-refractivity contribution >= 4 is 160 Å². The molecular formula is C70H45N3O4. The first-order valence-corrected chi connectivity index (χ1v) is 26.6. The van der Waals surface area contributed by atoms with E-state index in [1.807, 2.05) is 0 Å². The molecule has 17 rings (SSSR count). The van der Waals surface area contributed by atoms with Crippen LogP contribution in [0.15, 0.2) is 230 Å². The molecule has 6 aromatic heterocycles. The monoisotopic (exact) mass is 991 g/mol. The Morgan fingerprint density at radius 2 is 0.675 bits per heavy atom. The first kappa shape index (κ1) is 42.4. The second kappa shape index (κ2) is 15.8. The minimum Gasteiger partial charge on any atom is -0.454 e. The average molecular weight is 992 g/mol. The first-order chi connectivity index (χ1) is 38.1. The Morgan fingerprint density at radius 3 is 1.13 bits per heavy atom. The summed E-state index contributed by atoms with van der Waals surface area (Å²) < 4.78 is 31.1. The lowest BCUT2D eigenvalue weighted by atomic mass is 10.0. The number of rotatable bonds is 8. The van der Waals surface area contributed by atoms with Crippen LogP contribution in [0.4, 0.5) is 34.1 Å². The molecule has 0 amide bonds. The number of aromatic nitrogens is 1. The smallest absolute Gasteiger partial charge is 0.160 e. The fourth-order valence-electron chi connectivity index (χ4n) is 13.1. The molecule has 0 saturated heterocycles. The summed E-state index contributed by atoms with van der Waals surface area (Å²) in [5.74, 6) is 0. The summed E-state index contributed by atoms with van der Waals surface area (Å²) in [5.41, 5.74) is 18.0. The van der Waals surface area contributed by atoms with Gasteiger partial charge in [0.15, 0.2) is 22.3 Å². The van der Waals surface area contributed by atoms with Crippen molar-refractivity contribution in [3.63, 3.8) is 0 Å². The van der Waals surface area contributed by atoms with Crippen molar-refractivity contribution < 1.29 is 17.7 Å². The van der Waals surface area contributed by atoms with Gasteiger partial charge in [-0.2, -0.15) is 0 Å². The van der Waals surface area contributed by atoms with Crippen LogP contribution in [0.5, 0.6) is 0 Å². The van der Waals surface area contributed by atoms with Crippen molar-refractivity contribution in [2.24, 2.45) is 0 Å². The molecule has 0 radical (unpaired) electrons. The van der Waals surface area contributed by atoms with Gasteiger partial charge in [-0.15, -0.1) is 0 Å². The quantitative estimate of drug-likeness (QED) is 0.151. The molecule has 0 N–H and O–H groups in total. The van der Waals surface area contributed by atoms with Crippen molar-refractivity contribution in [1.82, 2.24) is 4.40 Å². The Balaban J connectivity index is 1.07. The first-order valence-electron chi connectivity index (χ1n) is 26.6. The SMILES string of the molecule is CCc1cccc2c1oc1c(N(c3ccccc3)c3cc4c5ccccc5oc4c4c3c3cccc5c6c(N(c7ccccc7)c7cccc8c7oc7c(CC)cccc78)cc7c8ccccc8oc7c6n4c35)cccc12. The van der Waals surface area contributed by atoms with E-state index in [9.17, 15) is 0 Å². The highest BCUT2D eigenvalue weighted by Gasteiger charge is 2.33. The lowest BCUT2D eigenvalue weighted by Gasteiger charge is -2.27. The van der Waals surface area contributed by atoms with Crippen LogP contribution in [-0.4, -0.2) is 4.40 Å². The van der Waals surface area contributed by atoms with Gasteiger partial charge >= 0.3 is 0 Å². The largest absolute Gasteiger partial charge is 0.454 e. The fraction of sp³-hybridized carbons (Fsp3) is 0.0571. The van der Waals surface area contributed by atoms with E-state index in [2.05, 4.69) is 240 Å². The van der Waals surface area contributed by atoms with Crippen molar-refractivity contribution in [2.75, 3.05) is 9.80 Å². The lowest BCUT2D eigenvalue weighted by Crippen LogP contribution is -2.11. The van der Waals surface area contributed by atoms with Gasteiger partial charge in [-0.3, -0.25) is 0 Å². The summed E-state index contributed by atoms with van der Waals surface area (Å²) in [7, 11) is 0.